The zero-order valence-corrected chi connectivity index (χ0v) is 17.0. The van der Waals surface area contributed by atoms with Crippen molar-refractivity contribution in [3.05, 3.63) is 34.9 Å². The van der Waals surface area contributed by atoms with E-state index < -0.39 is 0 Å². The van der Waals surface area contributed by atoms with E-state index in [1.807, 2.05) is 0 Å². The fraction of sp³-hybridized carbons (Fsp3) is 0.652. The topological polar surface area (TPSA) is 32.7 Å². The van der Waals surface area contributed by atoms with Crippen molar-refractivity contribution in [1.29, 1.82) is 0 Å². The van der Waals surface area contributed by atoms with Crippen LogP contribution in [0.3, 0.4) is 0 Å². The second kappa shape index (κ2) is 7.94. The molecule has 1 saturated carbocycles. The van der Waals surface area contributed by atoms with Crippen LogP contribution in [0.2, 0.25) is 0 Å². The second-order valence-electron chi connectivity index (χ2n) is 9.01. The molecule has 0 saturated heterocycles. The molecule has 0 spiro atoms. The van der Waals surface area contributed by atoms with Crippen LogP contribution in [0.15, 0.2) is 23.3 Å². The summed E-state index contributed by atoms with van der Waals surface area (Å²) in [7, 11) is 0. The van der Waals surface area contributed by atoms with E-state index in [9.17, 15) is 4.79 Å². The van der Waals surface area contributed by atoms with Crippen molar-refractivity contribution in [3.63, 3.8) is 0 Å². The van der Waals surface area contributed by atoms with E-state index in [2.05, 4.69) is 45.9 Å². The van der Waals surface area contributed by atoms with Gasteiger partial charge in [-0.3, -0.25) is 4.79 Å². The lowest BCUT2D eigenvalue weighted by molar-refractivity contribution is -0.135. The van der Waals surface area contributed by atoms with Gasteiger partial charge in [0.15, 0.2) is 0 Å². The van der Waals surface area contributed by atoms with Gasteiger partial charge in [0.05, 0.1) is 11.3 Å². The molecule has 3 heteroatoms. The zero-order valence-electron chi connectivity index (χ0n) is 17.0. The molecule has 26 heavy (non-hydrogen) atoms. The molecular formula is C23H34N2O. The van der Waals surface area contributed by atoms with Crippen molar-refractivity contribution in [2.24, 2.45) is 11.0 Å². The molecule has 1 heterocycles. The number of rotatable bonds is 5. The minimum Gasteiger partial charge on any atom is -0.273 e. The average Bonchev–Trinajstić information content (AvgIpc) is 2.90. The lowest BCUT2D eigenvalue weighted by Crippen LogP contribution is -2.40. The molecule has 0 atom stereocenters. The molecule has 0 bridgehead atoms. The van der Waals surface area contributed by atoms with E-state index in [1.54, 1.807) is 5.01 Å². The van der Waals surface area contributed by atoms with E-state index in [1.165, 1.54) is 49.7 Å². The summed E-state index contributed by atoms with van der Waals surface area (Å²) in [5.41, 5.74) is 4.47. The first-order chi connectivity index (χ1) is 12.3. The first-order valence-electron chi connectivity index (χ1n) is 10.3. The zero-order chi connectivity index (χ0) is 18.7. The van der Waals surface area contributed by atoms with Crippen LogP contribution in [0.1, 0.15) is 88.3 Å². The van der Waals surface area contributed by atoms with Crippen LogP contribution in [0, 0.1) is 19.8 Å². The Kier molecular flexibility index (Phi) is 5.84. The van der Waals surface area contributed by atoms with Gasteiger partial charge in [-0.25, -0.2) is 5.01 Å². The van der Waals surface area contributed by atoms with Gasteiger partial charge in [-0.05, 0) is 52.0 Å². The van der Waals surface area contributed by atoms with Gasteiger partial charge in [-0.2, -0.15) is 5.10 Å². The van der Waals surface area contributed by atoms with Crippen molar-refractivity contribution >= 4 is 11.6 Å². The van der Waals surface area contributed by atoms with Gasteiger partial charge in [0, 0.05) is 12.8 Å². The smallest absolute Gasteiger partial charge is 0.243 e. The Bertz CT molecular complexity index is 663. The standard InChI is InChI=1S/C23H34N2O/c1-17-13-18(2)15-20(14-17)21-16-23(3,4)25(24-21)22(26)12-8-11-19-9-6-5-7-10-19/h13-15,19H,5-12,16H2,1-4H3. The maximum Gasteiger partial charge on any atom is 0.243 e. The maximum atomic E-state index is 12.8. The molecule has 0 aromatic heterocycles. The predicted molar refractivity (Wildman–Crippen MR) is 108 cm³/mol. The summed E-state index contributed by atoms with van der Waals surface area (Å²) in [4.78, 5) is 12.8. The first kappa shape index (κ1) is 19.1. The van der Waals surface area contributed by atoms with Crippen molar-refractivity contribution in [1.82, 2.24) is 5.01 Å². The highest BCUT2D eigenvalue weighted by molar-refractivity contribution is 6.03. The molecule has 1 fully saturated rings. The fourth-order valence-electron chi connectivity index (χ4n) is 4.59. The van der Waals surface area contributed by atoms with Crippen LogP contribution in [-0.2, 0) is 4.79 Å². The highest BCUT2D eigenvalue weighted by Gasteiger charge is 2.38. The molecule has 0 radical (unpaired) electrons. The molecule has 1 amide bonds. The largest absolute Gasteiger partial charge is 0.273 e. The Labute approximate surface area is 158 Å². The molecule has 1 aromatic rings. The summed E-state index contributed by atoms with van der Waals surface area (Å²) >= 11 is 0. The van der Waals surface area contributed by atoms with Gasteiger partial charge in [0.2, 0.25) is 5.91 Å². The van der Waals surface area contributed by atoms with Crippen LogP contribution in [0.4, 0.5) is 0 Å². The third-order valence-corrected chi connectivity index (χ3v) is 5.91. The van der Waals surface area contributed by atoms with Crippen LogP contribution >= 0.6 is 0 Å². The number of benzene rings is 1. The Morgan fingerprint density at radius 1 is 1.12 bits per heavy atom. The van der Waals surface area contributed by atoms with Gasteiger partial charge in [0.25, 0.3) is 0 Å². The molecule has 1 aliphatic carbocycles. The van der Waals surface area contributed by atoms with Crippen molar-refractivity contribution < 1.29 is 4.79 Å². The summed E-state index contributed by atoms with van der Waals surface area (Å²) in [5, 5.41) is 6.52. The molecule has 0 unspecified atom stereocenters. The summed E-state index contributed by atoms with van der Waals surface area (Å²) < 4.78 is 0. The van der Waals surface area contributed by atoms with E-state index in [4.69, 9.17) is 5.10 Å². The predicted octanol–water partition coefficient (Wildman–Crippen LogP) is 5.77. The van der Waals surface area contributed by atoms with Crippen molar-refractivity contribution in [2.75, 3.05) is 0 Å². The molecule has 1 aliphatic heterocycles. The molecular weight excluding hydrogens is 320 g/mol. The van der Waals surface area contributed by atoms with E-state index in [0.29, 0.717) is 6.42 Å². The number of aryl methyl sites for hydroxylation is 2. The number of carbonyl (C=O) groups is 1. The monoisotopic (exact) mass is 354 g/mol. The number of hydrazone groups is 1. The summed E-state index contributed by atoms with van der Waals surface area (Å²) in [6, 6.07) is 6.54. The summed E-state index contributed by atoms with van der Waals surface area (Å²) in [6.07, 6.45) is 10.5. The van der Waals surface area contributed by atoms with Gasteiger partial charge in [-0.15, -0.1) is 0 Å². The summed E-state index contributed by atoms with van der Waals surface area (Å²) in [5.74, 6) is 1.03. The Hall–Kier alpha value is -1.64. The van der Waals surface area contributed by atoms with Crippen LogP contribution in [0.25, 0.3) is 0 Å². The SMILES string of the molecule is Cc1cc(C)cc(C2=NN(C(=O)CCCC3CCCCC3)C(C)(C)C2)c1. The summed E-state index contributed by atoms with van der Waals surface area (Å²) in [6.45, 7) is 8.49. The van der Waals surface area contributed by atoms with Gasteiger partial charge < -0.3 is 0 Å². The number of amides is 1. The van der Waals surface area contributed by atoms with Crippen LogP contribution in [0.5, 0.6) is 0 Å². The van der Waals surface area contributed by atoms with Gasteiger partial charge in [-0.1, -0.05) is 61.4 Å². The van der Waals surface area contributed by atoms with Crippen molar-refractivity contribution in [2.45, 2.75) is 91.0 Å². The second-order valence-corrected chi connectivity index (χ2v) is 9.01. The number of hydrogen-bond donors (Lipinski definition) is 0. The Balaban J connectivity index is 1.63. The molecule has 1 aromatic carbocycles. The number of nitrogens with zero attached hydrogens (tertiary/aromatic N) is 2. The van der Waals surface area contributed by atoms with E-state index in [0.717, 1.165) is 30.0 Å². The fourth-order valence-corrected chi connectivity index (χ4v) is 4.59. The van der Waals surface area contributed by atoms with Crippen LogP contribution in [-0.4, -0.2) is 22.2 Å². The quantitative estimate of drug-likeness (QED) is 0.661. The van der Waals surface area contributed by atoms with Gasteiger partial charge in [0.1, 0.15) is 0 Å². The maximum absolute atomic E-state index is 12.8. The highest BCUT2D eigenvalue weighted by atomic mass is 16.2. The molecule has 142 valence electrons. The molecule has 3 rings (SSSR count). The molecule has 2 aliphatic rings. The lowest BCUT2D eigenvalue weighted by atomic mass is 9.86. The Morgan fingerprint density at radius 3 is 2.42 bits per heavy atom. The third-order valence-electron chi connectivity index (χ3n) is 5.91. The molecule has 3 nitrogen and oxygen atoms in total. The number of carbonyl (C=O) groups excluding carboxylic acids is 1. The Morgan fingerprint density at radius 2 is 1.77 bits per heavy atom. The molecule has 0 N–H and O–H groups in total. The minimum atomic E-state index is -0.227. The lowest BCUT2D eigenvalue weighted by Gasteiger charge is -2.29. The number of hydrogen-bond acceptors (Lipinski definition) is 2. The van der Waals surface area contributed by atoms with Crippen molar-refractivity contribution in [3.8, 4) is 0 Å². The highest BCUT2D eigenvalue weighted by Crippen LogP contribution is 2.32. The van der Waals surface area contributed by atoms with E-state index in [-0.39, 0.29) is 11.4 Å². The van der Waals surface area contributed by atoms with Crippen LogP contribution < -0.4 is 0 Å². The third kappa shape index (κ3) is 4.55. The van der Waals surface area contributed by atoms with E-state index >= 15 is 0 Å². The average molecular weight is 355 g/mol. The first-order valence-corrected chi connectivity index (χ1v) is 10.3. The normalized spacial score (nSPS) is 20.3. The minimum absolute atomic E-state index is 0.185. The van der Waals surface area contributed by atoms with Gasteiger partial charge >= 0.3 is 0 Å².